The second kappa shape index (κ2) is 4.12. The van der Waals surface area contributed by atoms with E-state index in [-0.39, 0.29) is 5.92 Å². The van der Waals surface area contributed by atoms with E-state index < -0.39 is 0 Å². The van der Waals surface area contributed by atoms with Gasteiger partial charge in [0.15, 0.2) is 0 Å². The Morgan fingerprint density at radius 3 is 2.53 bits per heavy atom. The van der Waals surface area contributed by atoms with Crippen molar-refractivity contribution < 1.29 is 4.79 Å². The number of rotatable bonds is 3. The molecule has 2 aliphatic rings. The quantitative estimate of drug-likeness (QED) is 0.756. The van der Waals surface area contributed by atoms with Crippen molar-refractivity contribution in [2.24, 2.45) is 17.8 Å². The van der Waals surface area contributed by atoms with E-state index in [1.807, 2.05) is 11.9 Å². The molecule has 1 aliphatic heterocycles. The average Bonchev–Trinajstić information content (AvgIpc) is 2.98. The van der Waals surface area contributed by atoms with Crippen LogP contribution in [0.1, 0.15) is 26.7 Å². The van der Waals surface area contributed by atoms with Gasteiger partial charge in [0, 0.05) is 19.6 Å². The molecule has 1 saturated carbocycles. The van der Waals surface area contributed by atoms with Crippen molar-refractivity contribution in [2.75, 3.05) is 20.1 Å². The van der Waals surface area contributed by atoms with Crippen LogP contribution >= 0.6 is 0 Å². The summed E-state index contributed by atoms with van der Waals surface area (Å²) in [6, 6.07) is 0.435. The van der Waals surface area contributed by atoms with Gasteiger partial charge in [-0.15, -0.1) is 0 Å². The van der Waals surface area contributed by atoms with Crippen LogP contribution in [-0.2, 0) is 4.79 Å². The molecule has 1 amide bonds. The molecule has 0 aromatic rings. The maximum atomic E-state index is 12.2. The lowest BCUT2D eigenvalue weighted by molar-refractivity contribution is -0.136. The third-order valence-electron chi connectivity index (χ3n) is 4.10. The van der Waals surface area contributed by atoms with Crippen molar-refractivity contribution in [3.8, 4) is 0 Å². The van der Waals surface area contributed by atoms with Gasteiger partial charge in [0.05, 0.1) is 5.92 Å². The molecule has 1 aliphatic carbocycles. The zero-order chi connectivity index (χ0) is 11.0. The second-order valence-electron chi connectivity index (χ2n) is 5.27. The Morgan fingerprint density at radius 1 is 1.40 bits per heavy atom. The number of nitrogens with zero attached hydrogens (tertiary/aromatic N) is 1. The molecule has 15 heavy (non-hydrogen) atoms. The zero-order valence-corrected chi connectivity index (χ0v) is 9.99. The van der Waals surface area contributed by atoms with Crippen LogP contribution < -0.4 is 5.32 Å². The summed E-state index contributed by atoms with van der Waals surface area (Å²) >= 11 is 0. The number of hydrogen-bond donors (Lipinski definition) is 1. The third kappa shape index (κ3) is 2.17. The lowest BCUT2D eigenvalue weighted by Crippen LogP contribution is -2.42. The van der Waals surface area contributed by atoms with Crippen molar-refractivity contribution in [1.82, 2.24) is 10.2 Å². The molecular weight excluding hydrogens is 188 g/mol. The van der Waals surface area contributed by atoms with Crippen LogP contribution in [0.5, 0.6) is 0 Å². The third-order valence-corrected chi connectivity index (χ3v) is 4.10. The minimum atomic E-state index is 0.205. The predicted octanol–water partition coefficient (Wildman–Crippen LogP) is 1.10. The number of amides is 1. The molecule has 1 unspecified atom stereocenters. The molecule has 0 bridgehead atoms. The fraction of sp³-hybridized carbons (Fsp3) is 0.917. The maximum absolute atomic E-state index is 12.2. The van der Waals surface area contributed by atoms with Gasteiger partial charge in [-0.05, 0) is 38.1 Å². The normalized spacial score (nSPS) is 32.7. The van der Waals surface area contributed by atoms with E-state index in [1.54, 1.807) is 0 Å². The average molecular weight is 210 g/mol. The van der Waals surface area contributed by atoms with Crippen LogP contribution in [0.25, 0.3) is 0 Å². The Hall–Kier alpha value is -0.570. The van der Waals surface area contributed by atoms with Gasteiger partial charge in [0.1, 0.15) is 0 Å². The summed E-state index contributed by atoms with van der Waals surface area (Å²) in [6.07, 6.45) is 2.61. The molecule has 0 aromatic heterocycles. The summed E-state index contributed by atoms with van der Waals surface area (Å²) in [5.74, 6) is 1.80. The fourth-order valence-electron chi connectivity index (χ4n) is 2.50. The highest BCUT2D eigenvalue weighted by Gasteiger charge is 2.37. The van der Waals surface area contributed by atoms with Crippen molar-refractivity contribution in [3.63, 3.8) is 0 Å². The Balaban J connectivity index is 1.93. The van der Waals surface area contributed by atoms with Crippen LogP contribution in [0.4, 0.5) is 0 Å². The zero-order valence-electron chi connectivity index (χ0n) is 9.99. The lowest BCUT2D eigenvalue weighted by atomic mass is 9.96. The molecule has 1 N–H and O–H groups in total. The summed E-state index contributed by atoms with van der Waals surface area (Å²) in [5.41, 5.74) is 0. The van der Waals surface area contributed by atoms with Gasteiger partial charge in [-0.2, -0.15) is 0 Å². The molecule has 0 radical (unpaired) electrons. The van der Waals surface area contributed by atoms with Crippen molar-refractivity contribution in [3.05, 3.63) is 0 Å². The fourth-order valence-corrected chi connectivity index (χ4v) is 2.50. The molecule has 3 nitrogen and oxygen atoms in total. The van der Waals surface area contributed by atoms with Crippen LogP contribution in [0.3, 0.4) is 0 Å². The van der Waals surface area contributed by atoms with E-state index in [1.165, 1.54) is 12.8 Å². The van der Waals surface area contributed by atoms with Crippen molar-refractivity contribution in [2.45, 2.75) is 32.7 Å². The lowest BCUT2D eigenvalue weighted by Gasteiger charge is -2.28. The SMILES string of the molecule is CC(C1CC1)N(C)C(=O)[C@@H]1CNC[C@H]1C. The summed E-state index contributed by atoms with van der Waals surface area (Å²) in [4.78, 5) is 14.2. The largest absolute Gasteiger partial charge is 0.342 e. The number of hydrogen-bond acceptors (Lipinski definition) is 2. The first-order valence-corrected chi connectivity index (χ1v) is 6.08. The van der Waals surface area contributed by atoms with Crippen LogP contribution in [-0.4, -0.2) is 37.0 Å². The number of nitrogens with one attached hydrogen (secondary N) is 1. The Morgan fingerprint density at radius 2 is 2.07 bits per heavy atom. The van der Waals surface area contributed by atoms with Crippen molar-refractivity contribution in [1.29, 1.82) is 0 Å². The standard InChI is InChI=1S/C12H22N2O/c1-8-6-13-7-11(8)12(15)14(3)9(2)10-4-5-10/h8-11,13H,4-7H2,1-3H3/t8-,9?,11-/m1/s1. The summed E-state index contributed by atoms with van der Waals surface area (Å²) in [5, 5.41) is 3.29. The molecule has 0 spiro atoms. The first-order valence-electron chi connectivity index (χ1n) is 6.08. The van der Waals surface area contributed by atoms with Crippen LogP contribution in [0, 0.1) is 17.8 Å². The molecule has 0 aromatic carbocycles. The van der Waals surface area contributed by atoms with Crippen molar-refractivity contribution >= 4 is 5.91 Å². The van der Waals surface area contributed by atoms with Gasteiger partial charge in [-0.3, -0.25) is 4.79 Å². The molecular formula is C12H22N2O. The van der Waals surface area contributed by atoms with Crippen LogP contribution in [0.2, 0.25) is 0 Å². The Bertz CT molecular complexity index is 250. The molecule has 2 rings (SSSR count). The monoisotopic (exact) mass is 210 g/mol. The maximum Gasteiger partial charge on any atom is 0.227 e. The van der Waals surface area contributed by atoms with E-state index in [4.69, 9.17) is 0 Å². The second-order valence-corrected chi connectivity index (χ2v) is 5.27. The molecule has 2 fully saturated rings. The van der Waals surface area contributed by atoms with Gasteiger partial charge in [0.25, 0.3) is 0 Å². The minimum absolute atomic E-state index is 0.205. The first kappa shape index (κ1) is 10.9. The number of carbonyl (C=O) groups excluding carboxylic acids is 1. The summed E-state index contributed by atoms with van der Waals surface area (Å²) in [6.45, 7) is 6.20. The molecule has 86 valence electrons. The highest BCUT2D eigenvalue weighted by molar-refractivity contribution is 5.79. The first-order chi connectivity index (χ1) is 7.11. The Kier molecular flexibility index (Phi) is 3.01. The van der Waals surface area contributed by atoms with Gasteiger partial charge in [-0.1, -0.05) is 6.92 Å². The van der Waals surface area contributed by atoms with Gasteiger partial charge >= 0.3 is 0 Å². The minimum Gasteiger partial charge on any atom is -0.342 e. The summed E-state index contributed by atoms with van der Waals surface area (Å²) in [7, 11) is 1.97. The predicted molar refractivity (Wildman–Crippen MR) is 60.5 cm³/mol. The highest BCUT2D eigenvalue weighted by Crippen LogP contribution is 2.35. The molecule has 1 saturated heterocycles. The van der Waals surface area contributed by atoms with Crippen LogP contribution in [0.15, 0.2) is 0 Å². The molecule has 1 heterocycles. The number of carbonyl (C=O) groups is 1. The van der Waals surface area contributed by atoms with Gasteiger partial charge in [-0.25, -0.2) is 0 Å². The van der Waals surface area contributed by atoms with E-state index in [0.717, 1.165) is 19.0 Å². The topological polar surface area (TPSA) is 32.3 Å². The van der Waals surface area contributed by atoms with E-state index in [9.17, 15) is 4.79 Å². The highest BCUT2D eigenvalue weighted by atomic mass is 16.2. The Labute approximate surface area is 92.2 Å². The van der Waals surface area contributed by atoms with E-state index in [0.29, 0.717) is 17.9 Å². The van der Waals surface area contributed by atoms with E-state index >= 15 is 0 Å². The molecule has 3 heteroatoms. The van der Waals surface area contributed by atoms with E-state index in [2.05, 4.69) is 19.2 Å². The smallest absolute Gasteiger partial charge is 0.227 e. The molecule has 3 atom stereocenters. The van der Waals surface area contributed by atoms with Gasteiger partial charge in [0.2, 0.25) is 5.91 Å². The van der Waals surface area contributed by atoms with Gasteiger partial charge < -0.3 is 10.2 Å². The summed E-state index contributed by atoms with van der Waals surface area (Å²) < 4.78 is 0.